The van der Waals surface area contributed by atoms with Crippen molar-refractivity contribution in [3.05, 3.63) is 34.6 Å². The van der Waals surface area contributed by atoms with Crippen molar-refractivity contribution in [1.29, 1.82) is 0 Å². The molecule has 0 aliphatic carbocycles. The molecular weight excluding hydrogens is 434 g/mol. The van der Waals surface area contributed by atoms with Gasteiger partial charge in [0, 0.05) is 25.0 Å². The number of imidazole rings is 1. The third kappa shape index (κ3) is 3.54. The van der Waals surface area contributed by atoms with Gasteiger partial charge in [-0.05, 0) is 43.9 Å². The maximum atomic E-state index is 13.4. The number of alkyl halides is 2. The molecule has 6 nitrogen and oxygen atoms in total. The zero-order valence-electron chi connectivity index (χ0n) is 16.2. The van der Waals surface area contributed by atoms with E-state index in [1.807, 2.05) is 13.1 Å². The van der Waals surface area contributed by atoms with Crippen LogP contribution in [0.1, 0.15) is 30.5 Å². The average Bonchev–Trinajstić information content (AvgIpc) is 3.27. The molecule has 30 heavy (non-hydrogen) atoms. The Morgan fingerprint density at radius 2 is 2.03 bits per heavy atom. The van der Waals surface area contributed by atoms with Gasteiger partial charge in [-0.25, -0.2) is 4.98 Å². The molecule has 1 saturated heterocycles. The predicted molar refractivity (Wildman–Crippen MR) is 112 cm³/mol. The van der Waals surface area contributed by atoms with Crippen LogP contribution in [0, 0.1) is 6.92 Å². The lowest BCUT2D eigenvalue weighted by atomic mass is 10.1. The molecule has 0 amide bonds. The summed E-state index contributed by atoms with van der Waals surface area (Å²) in [5.74, 6) is 0.416. The minimum absolute atomic E-state index is 0.0232. The Bertz CT molecular complexity index is 1120. The number of hydrogen-bond acceptors (Lipinski definition) is 6. The van der Waals surface area contributed by atoms with Crippen LogP contribution in [0.2, 0.25) is 5.02 Å². The zero-order valence-corrected chi connectivity index (χ0v) is 17.7. The first-order chi connectivity index (χ1) is 14.4. The maximum absolute atomic E-state index is 13.4. The summed E-state index contributed by atoms with van der Waals surface area (Å²) in [6.07, 6.45) is 1.75. The first kappa shape index (κ1) is 19.7. The molecular formula is C20H19ClF2N4O2S. The van der Waals surface area contributed by atoms with Gasteiger partial charge in [-0.3, -0.25) is 4.98 Å². The SMILES string of the molecule is Cc1cnc(CSc2nc3c4c(ccc3[nH]2)OC(F)(F)O4)c(Cl)c1N1CCCCC1. The minimum Gasteiger partial charge on any atom is -0.395 e. The van der Waals surface area contributed by atoms with Crippen LogP contribution in [-0.4, -0.2) is 34.3 Å². The molecule has 0 bridgehead atoms. The first-order valence-corrected chi connectivity index (χ1v) is 11.1. The van der Waals surface area contributed by atoms with Gasteiger partial charge in [-0.15, -0.1) is 8.78 Å². The monoisotopic (exact) mass is 452 g/mol. The number of nitrogens with zero attached hydrogens (tertiary/aromatic N) is 3. The molecule has 1 aromatic carbocycles. The molecule has 2 aliphatic rings. The Kier molecular flexibility index (Phi) is 4.89. The number of piperidine rings is 1. The van der Waals surface area contributed by atoms with E-state index >= 15 is 0 Å². The molecule has 1 fully saturated rings. The van der Waals surface area contributed by atoms with Gasteiger partial charge >= 0.3 is 6.29 Å². The third-order valence-corrected chi connectivity index (χ3v) is 6.55. The number of hydrogen-bond donors (Lipinski definition) is 1. The quantitative estimate of drug-likeness (QED) is 0.525. The summed E-state index contributed by atoms with van der Waals surface area (Å²) in [5.41, 5.74) is 3.79. The maximum Gasteiger partial charge on any atom is 0.586 e. The number of thioether (sulfide) groups is 1. The van der Waals surface area contributed by atoms with Gasteiger partial charge in [0.05, 0.1) is 21.9 Å². The molecule has 0 unspecified atom stereocenters. The summed E-state index contributed by atoms with van der Waals surface area (Å²) in [5, 5.41) is 1.23. The average molecular weight is 453 g/mol. The van der Waals surface area contributed by atoms with Crippen LogP contribution in [0.5, 0.6) is 11.5 Å². The van der Waals surface area contributed by atoms with Gasteiger partial charge in [0.2, 0.25) is 5.75 Å². The molecule has 10 heteroatoms. The largest absolute Gasteiger partial charge is 0.586 e. The molecule has 3 aromatic rings. The number of benzene rings is 1. The fourth-order valence-corrected chi connectivity index (χ4v) is 5.16. The standard InChI is InChI=1S/C20H19ClF2N4O2S/c1-11-9-24-13(15(21)17(11)27-7-3-2-4-8-27)10-30-19-25-12-5-6-14-18(16(12)26-19)29-20(22,23)28-14/h5-6,9H,2-4,7-8,10H2,1H3,(H,25,26). The molecule has 5 rings (SSSR count). The molecule has 2 aromatic heterocycles. The number of pyridine rings is 1. The van der Waals surface area contributed by atoms with Gasteiger partial charge in [-0.2, -0.15) is 0 Å². The molecule has 0 spiro atoms. The number of H-pyrrole nitrogens is 1. The van der Waals surface area contributed by atoms with Crippen LogP contribution < -0.4 is 14.4 Å². The Balaban J connectivity index is 1.38. The highest BCUT2D eigenvalue weighted by Gasteiger charge is 2.44. The molecule has 1 N–H and O–H groups in total. The van der Waals surface area contributed by atoms with Crippen molar-refractivity contribution in [1.82, 2.24) is 15.0 Å². The van der Waals surface area contributed by atoms with E-state index in [0.717, 1.165) is 42.9 Å². The summed E-state index contributed by atoms with van der Waals surface area (Å²) < 4.78 is 35.9. The van der Waals surface area contributed by atoms with E-state index in [-0.39, 0.29) is 11.5 Å². The smallest absolute Gasteiger partial charge is 0.395 e. The molecule has 4 heterocycles. The van der Waals surface area contributed by atoms with E-state index in [0.29, 0.717) is 27.0 Å². The molecule has 0 radical (unpaired) electrons. The Labute approximate surface area is 180 Å². The number of ether oxygens (including phenoxy) is 2. The highest BCUT2D eigenvalue weighted by atomic mass is 35.5. The van der Waals surface area contributed by atoms with Crippen LogP contribution in [0.25, 0.3) is 11.0 Å². The molecule has 158 valence electrons. The summed E-state index contributed by atoms with van der Waals surface area (Å²) in [4.78, 5) is 14.4. The fourth-order valence-electron chi connectivity index (χ4n) is 3.87. The second-order valence-corrected chi connectivity index (χ2v) is 8.73. The van der Waals surface area contributed by atoms with Gasteiger partial charge in [0.25, 0.3) is 0 Å². The Morgan fingerprint density at radius 3 is 2.83 bits per heavy atom. The number of anilines is 1. The van der Waals surface area contributed by atoms with Crippen molar-refractivity contribution in [3.63, 3.8) is 0 Å². The number of fused-ring (bicyclic) bond motifs is 3. The van der Waals surface area contributed by atoms with E-state index in [4.69, 9.17) is 11.6 Å². The van der Waals surface area contributed by atoms with E-state index in [9.17, 15) is 8.78 Å². The number of aryl methyl sites for hydroxylation is 1. The summed E-state index contributed by atoms with van der Waals surface area (Å²) in [6, 6.07) is 3.08. The van der Waals surface area contributed by atoms with Gasteiger partial charge in [0.15, 0.2) is 10.9 Å². The minimum atomic E-state index is -3.67. The van der Waals surface area contributed by atoms with Crippen molar-refractivity contribution in [3.8, 4) is 11.5 Å². The van der Waals surface area contributed by atoms with Crippen LogP contribution in [0.15, 0.2) is 23.5 Å². The fraction of sp³-hybridized carbons (Fsp3) is 0.400. The van der Waals surface area contributed by atoms with Gasteiger partial charge in [-0.1, -0.05) is 23.4 Å². The molecule has 0 atom stereocenters. The number of rotatable bonds is 4. The highest BCUT2D eigenvalue weighted by molar-refractivity contribution is 7.98. The van der Waals surface area contributed by atoms with Crippen LogP contribution >= 0.6 is 23.4 Å². The predicted octanol–water partition coefficient (Wildman–Crippen LogP) is 5.52. The van der Waals surface area contributed by atoms with Crippen LogP contribution in [0.4, 0.5) is 14.5 Å². The number of aromatic amines is 1. The van der Waals surface area contributed by atoms with Crippen molar-refractivity contribution < 1.29 is 18.3 Å². The second-order valence-electron chi connectivity index (χ2n) is 7.39. The van der Waals surface area contributed by atoms with Gasteiger partial charge < -0.3 is 19.4 Å². The topological polar surface area (TPSA) is 63.3 Å². The van der Waals surface area contributed by atoms with Crippen molar-refractivity contribution >= 4 is 40.1 Å². The van der Waals surface area contributed by atoms with Crippen molar-refractivity contribution in [2.75, 3.05) is 18.0 Å². The van der Waals surface area contributed by atoms with Gasteiger partial charge in [0.1, 0.15) is 5.52 Å². The van der Waals surface area contributed by atoms with E-state index < -0.39 is 6.29 Å². The van der Waals surface area contributed by atoms with E-state index in [2.05, 4.69) is 29.3 Å². The number of nitrogens with one attached hydrogen (secondary N) is 1. The lowest BCUT2D eigenvalue weighted by Gasteiger charge is -2.31. The third-order valence-electron chi connectivity index (χ3n) is 5.27. The lowest BCUT2D eigenvalue weighted by Crippen LogP contribution is -2.30. The Morgan fingerprint density at radius 1 is 1.23 bits per heavy atom. The number of halogens is 3. The van der Waals surface area contributed by atoms with E-state index in [1.165, 1.54) is 24.2 Å². The molecule has 0 saturated carbocycles. The Hall–Kier alpha value is -2.26. The highest BCUT2D eigenvalue weighted by Crippen LogP contribution is 2.45. The summed E-state index contributed by atoms with van der Waals surface area (Å²) in [6.45, 7) is 4.02. The van der Waals surface area contributed by atoms with Crippen LogP contribution in [0.3, 0.4) is 0 Å². The normalized spacial score (nSPS) is 17.7. The lowest BCUT2D eigenvalue weighted by molar-refractivity contribution is -0.286. The summed E-state index contributed by atoms with van der Waals surface area (Å²) in [7, 11) is 0. The van der Waals surface area contributed by atoms with Crippen molar-refractivity contribution in [2.45, 2.75) is 43.4 Å². The van der Waals surface area contributed by atoms with Crippen LogP contribution in [-0.2, 0) is 5.75 Å². The molecule has 2 aliphatic heterocycles. The van der Waals surface area contributed by atoms with E-state index in [1.54, 1.807) is 6.07 Å². The van der Waals surface area contributed by atoms with Crippen molar-refractivity contribution in [2.24, 2.45) is 0 Å². The first-order valence-electron chi connectivity index (χ1n) is 9.71. The second kappa shape index (κ2) is 7.46. The number of aromatic nitrogens is 3. The zero-order chi connectivity index (χ0) is 20.9. The summed E-state index contributed by atoms with van der Waals surface area (Å²) >= 11 is 8.14.